The van der Waals surface area contributed by atoms with Crippen molar-refractivity contribution in [2.24, 2.45) is 0 Å². The van der Waals surface area contributed by atoms with Gasteiger partial charge >= 0.3 is 0 Å². The fourth-order valence-electron chi connectivity index (χ4n) is 4.35. The third-order valence-electron chi connectivity index (χ3n) is 6.20. The number of hydrogen-bond acceptors (Lipinski definition) is 7. The van der Waals surface area contributed by atoms with E-state index in [-0.39, 0.29) is 0 Å². The van der Waals surface area contributed by atoms with Crippen LogP contribution in [0, 0.1) is 0 Å². The van der Waals surface area contributed by atoms with Gasteiger partial charge < -0.3 is 14.5 Å². The minimum atomic E-state index is 0.502. The zero-order valence-corrected chi connectivity index (χ0v) is 19.2. The van der Waals surface area contributed by atoms with Crippen LogP contribution in [0.4, 0.5) is 11.6 Å². The second-order valence-corrected chi connectivity index (χ2v) is 8.45. The van der Waals surface area contributed by atoms with E-state index in [0.29, 0.717) is 18.4 Å². The van der Waals surface area contributed by atoms with Crippen molar-refractivity contribution in [1.82, 2.24) is 24.7 Å². The topological polar surface area (TPSA) is 72.2 Å². The van der Waals surface area contributed by atoms with Crippen molar-refractivity contribution in [2.75, 3.05) is 36.0 Å². The van der Waals surface area contributed by atoms with E-state index in [2.05, 4.69) is 56.3 Å². The average molecular weight is 464 g/mol. The molecule has 3 heterocycles. The Morgan fingerprint density at radius 1 is 0.771 bits per heavy atom. The lowest BCUT2D eigenvalue weighted by Gasteiger charge is -2.36. The molecule has 1 fully saturated rings. The number of fused-ring (bicyclic) bond motifs is 1. The SMILES string of the molecule is c1ccc(COc2ccc3c(-n4cncn4)nc(N4CCN(c5ccccc5)CC4)nc3c2)cc1. The summed E-state index contributed by atoms with van der Waals surface area (Å²) in [6.07, 6.45) is 3.18. The molecule has 1 aliphatic heterocycles. The van der Waals surface area contributed by atoms with Gasteiger partial charge in [0.1, 0.15) is 25.0 Å². The van der Waals surface area contributed by atoms with Gasteiger partial charge in [-0.25, -0.2) is 14.6 Å². The molecule has 0 spiro atoms. The largest absolute Gasteiger partial charge is 0.489 e. The molecule has 0 atom stereocenters. The molecule has 1 saturated heterocycles. The lowest BCUT2D eigenvalue weighted by atomic mass is 10.2. The molecule has 8 nitrogen and oxygen atoms in total. The molecule has 0 unspecified atom stereocenters. The Morgan fingerprint density at radius 3 is 2.26 bits per heavy atom. The highest BCUT2D eigenvalue weighted by Crippen LogP contribution is 2.27. The Kier molecular flexibility index (Phi) is 5.68. The summed E-state index contributed by atoms with van der Waals surface area (Å²) in [6, 6.07) is 26.6. The fraction of sp³-hybridized carbons (Fsp3) is 0.185. The van der Waals surface area contributed by atoms with Gasteiger partial charge in [0.25, 0.3) is 0 Å². The standard InChI is InChI=1S/C27H25N7O/c1-3-7-21(8-4-1)18-35-23-11-12-24-25(17-23)30-27(31-26(24)34-20-28-19-29-34)33-15-13-32(14-16-33)22-9-5-2-6-10-22/h1-12,17,19-20H,13-16,18H2. The molecule has 3 aromatic carbocycles. The number of para-hydroxylation sites is 1. The van der Waals surface area contributed by atoms with Gasteiger partial charge in [0.2, 0.25) is 5.95 Å². The summed E-state index contributed by atoms with van der Waals surface area (Å²) in [5.41, 5.74) is 3.18. The molecule has 8 heteroatoms. The Bertz CT molecular complexity index is 1400. The van der Waals surface area contributed by atoms with Crippen LogP contribution in [-0.4, -0.2) is 50.9 Å². The van der Waals surface area contributed by atoms with Crippen LogP contribution in [0.25, 0.3) is 16.7 Å². The molecular formula is C27H25N7O. The molecular weight excluding hydrogens is 438 g/mol. The smallest absolute Gasteiger partial charge is 0.228 e. The molecule has 0 bridgehead atoms. The van der Waals surface area contributed by atoms with Gasteiger partial charge in [-0.2, -0.15) is 10.1 Å². The molecule has 0 saturated carbocycles. The predicted octanol–water partition coefficient (Wildman–Crippen LogP) is 4.12. The first-order chi connectivity index (χ1) is 17.3. The van der Waals surface area contributed by atoms with E-state index in [1.807, 2.05) is 42.5 Å². The van der Waals surface area contributed by atoms with Gasteiger partial charge in [-0.05, 0) is 29.8 Å². The van der Waals surface area contributed by atoms with Crippen molar-refractivity contribution in [2.45, 2.75) is 6.61 Å². The number of aromatic nitrogens is 5. The summed E-state index contributed by atoms with van der Waals surface area (Å²) >= 11 is 0. The quantitative estimate of drug-likeness (QED) is 0.375. The summed E-state index contributed by atoms with van der Waals surface area (Å²) in [7, 11) is 0. The molecule has 0 amide bonds. The number of anilines is 2. The van der Waals surface area contributed by atoms with Gasteiger partial charge in [0.05, 0.1) is 5.52 Å². The lowest BCUT2D eigenvalue weighted by Crippen LogP contribution is -2.47. The summed E-state index contributed by atoms with van der Waals surface area (Å²) in [4.78, 5) is 18.6. The lowest BCUT2D eigenvalue weighted by molar-refractivity contribution is 0.306. The first-order valence-corrected chi connectivity index (χ1v) is 11.7. The molecule has 0 N–H and O–H groups in total. The van der Waals surface area contributed by atoms with E-state index in [0.717, 1.165) is 48.4 Å². The van der Waals surface area contributed by atoms with Crippen LogP contribution in [0.3, 0.4) is 0 Å². The minimum absolute atomic E-state index is 0.502. The Labute approximate surface area is 203 Å². The molecule has 174 valence electrons. The molecule has 2 aromatic heterocycles. The van der Waals surface area contributed by atoms with Gasteiger partial charge in [-0.3, -0.25) is 0 Å². The number of rotatable bonds is 6. The van der Waals surface area contributed by atoms with Crippen LogP contribution in [0.2, 0.25) is 0 Å². The normalized spacial score (nSPS) is 13.8. The number of piperazine rings is 1. The number of nitrogens with zero attached hydrogens (tertiary/aromatic N) is 7. The Hall–Kier alpha value is -4.46. The maximum Gasteiger partial charge on any atom is 0.228 e. The van der Waals surface area contributed by atoms with Gasteiger partial charge in [0, 0.05) is 43.3 Å². The Balaban J connectivity index is 1.29. The molecule has 5 aromatic rings. The first-order valence-electron chi connectivity index (χ1n) is 11.7. The van der Waals surface area contributed by atoms with E-state index in [1.54, 1.807) is 11.0 Å². The second-order valence-electron chi connectivity index (χ2n) is 8.45. The molecule has 0 aliphatic carbocycles. The van der Waals surface area contributed by atoms with Crippen molar-refractivity contribution in [3.63, 3.8) is 0 Å². The molecule has 6 rings (SSSR count). The van der Waals surface area contributed by atoms with E-state index >= 15 is 0 Å². The zero-order chi connectivity index (χ0) is 23.5. The monoisotopic (exact) mass is 463 g/mol. The molecule has 1 aliphatic rings. The van der Waals surface area contributed by atoms with Gasteiger partial charge in [-0.15, -0.1) is 0 Å². The van der Waals surface area contributed by atoms with Crippen molar-refractivity contribution in [3.05, 3.63) is 97.1 Å². The maximum atomic E-state index is 6.06. The number of ether oxygens (including phenoxy) is 1. The number of benzene rings is 3. The summed E-state index contributed by atoms with van der Waals surface area (Å²) in [5, 5.41) is 5.23. The molecule has 35 heavy (non-hydrogen) atoms. The minimum Gasteiger partial charge on any atom is -0.489 e. The first kappa shape index (κ1) is 21.1. The van der Waals surface area contributed by atoms with Crippen LogP contribution < -0.4 is 14.5 Å². The van der Waals surface area contributed by atoms with Crippen LogP contribution in [-0.2, 0) is 6.61 Å². The number of hydrogen-bond donors (Lipinski definition) is 0. The van der Waals surface area contributed by atoms with E-state index in [4.69, 9.17) is 14.7 Å². The van der Waals surface area contributed by atoms with Gasteiger partial charge in [0.15, 0.2) is 5.82 Å². The summed E-state index contributed by atoms with van der Waals surface area (Å²) < 4.78 is 7.76. The highest BCUT2D eigenvalue weighted by molar-refractivity contribution is 5.87. The van der Waals surface area contributed by atoms with E-state index in [9.17, 15) is 0 Å². The van der Waals surface area contributed by atoms with Crippen LogP contribution in [0.5, 0.6) is 5.75 Å². The summed E-state index contributed by atoms with van der Waals surface area (Å²) in [6.45, 7) is 3.99. The van der Waals surface area contributed by atoms with Crippen molar-refractivity contribution in [3.8, 4) is 11.6 Å². The van der Waals surface area contributed by atoms with Crippen molar-refractivity contribution >= 4 is 22.5 Å². The van der Waals surface area contributed by atoms with Gasteiger partial charge in [-0.1, -0.05) is 48.5 Å². The van der Waals surface area contributed by atoms with Crippen molar-refractivity contribution in [1.29, 1.82) is 0 Å². The van der Waals surface area contributed by atoms with Crippen molar-refractivity contribution < 1.29 is 4.74 Å². The third kappa shape index (κ3) is 4.50. The van der Waals surface area contributed by atoms with Crippen LogP contribution in [0.15, 0.2) is 91.5 Å². The third-order valence-corrected chi connectivity index (χ3v) is 6.20. The highest BCUT2D eigenvalue weighted by atomic mass is 16.5. The van der Waals surface area contributed by atoms with E-state index < -0.39 is 0 Å². The highest BCUT2D eigenvalue weighted by Gasteiger charge is 2.21. The predicted molar refractivity (Wildman–Crippen MR) is 136 cm³/mol. The zero-order valence-electron chi connectivity index (χ0n) is 19.2. The summed E-state index contributed by atoms with van der Waals surface area (Å²) in [5.74, 6) is 2.17. The fourth-order valence-corrected chi connectivity index (χ4v) is 4.35. The average Bonchev–Trinajstić information content (AvgIpc) is 3.47. The van der Waals surface area contributed by atoms with Crippen LogP contribution in [0.1, 0.15) is 5.56 Å². The maximum absolute atomic E-state index is 6.06. The molecule has 0 radical (unpaired) electrons. The Morgan fingerprint density at radius 2 is 1.51 bits per heavy atom. The van der Waals surface area contributed by atoms with E-state index in [1.165, 1.54) is 12.0 Å². The second kappa shape index (κ2) is 9.42. The van der Waals surface area contributed by atoms with Crippen LogP contribution >= 0.6 is 0 Å².